The monoisotopic (exact) mass is 239 g/mol. The van der Waals surface area contributed by atoms with Crippen LogP contribution in [0, 0.1) is 0 Å². The lowest BCUT2D eigenvalue weighted by Crippen LogP contribution is -2.38. The van der Waals surface area contributed by atoms with Gasteiger partial charge in [0.05, 0.1) is 6.10 Å². The van der Waals surface area contributed by atoms with Gasteiger partial charge >= 0.3 is 0 Å². The molecule has 1 N–H and O–H groups in total. The van der Waals surface area contributed by atoms with E-state index in [-0.39, 0.29) is 0 Å². The van der Waals surface area contributed by atoms with Crippen molar-refractivity contribution in [2.45, 2.75) is 50.8 Å². The predicted octanol–water partition coefficient (Wildman–Crippen LogP) is 3.36. The van der Waals surface area contributed by atoms with Crippen LogP contribution in [0.1, 0.15) is 43.5 Å². The number of nitrogens with one attached hydrogen (secondary N) is 1. The van der Waals surface area contributed by atoms with Crippen molar-refractivity contribution in [2.75, 3.05) is 7.11 Å². The summed E-state index contributed by atoms with van der Waals surface area (Å²) in [6.45, 7) is 2.24. The molecule has 1 heterocycles. The highest BCUT2D eigenvalue weighted by molar-refractivity contribution is 7.10. The maximum absolute atomic E-state index is 5.53. The van der Waals surface area contributed by atoms with Crippen molar-refractivity contribution in [3.63, 3.8) is 0 Å². The first-order chi connectivity index (χ1) is 7.85. The third kappa shape index (κ3) is 2.65. The Labute approximate surface area is 102 Å². The number of ether oxygens (including phenoxy) is 1. The normalized spacial score (nSPS) is 27.1. The van der Waals surface area contributed by atoms with E-state index in [4.69, 9.17) is 4.74 Å². The van der Waals surface area contributed by atoms with Crippen molar-refractivity contribution in [3.8, 4) is 0 Å². The lowest BCUT2D eigenvalue weighted by molar-refractivity contribution is 0.0811. The first-order valence-corrected chi connectivity index (χ1v) is 7.05. The third-order valence-corrected chi connectivity index (χ3v) is 4.45. The minimum atomic E-state index is 0.411. The maximum Gasteiger partial charge on any atom is 0.0724 e. The van der Waals surface area contributed by atoms with Gasteiger partial charge in [-0.1, -0.05) is 13.0 Å². The summed E-state index contributed by atoms with van der Waals surface area (Å²) in [5.41, 5.74) is 0. The summed E-state index contributed by atoms with van der Waals surface area (Å²) in [6.07, 6.45) is 5.30. The minimum absolute atomic E-state index is 0.411. The first kappa shape index (κ1) is 12.1. The van der Waals surface area contributed by atoms with Gasteiger partial charge in [-0.3, -0.25) is 0 Å². The second kappa shape index (κ2) is 5.80. The van der Waals surface area contributed by atoms with Crippen LogP contribution in [-0.4, -0.2) is 19.3 Å². The molecule has 3 atom stereocenters. The van der Waals surface area contributed by atoms with Crippen molar-refractivity contribution in [2.24, 2.45) is 0 Å². The fourth-order valence-corrected chi connectivity index (χ4v) is 3.42. The first-order valence-electron chi connectivity index (χ1n) is 6.17. The van der Waals surface area contributed by atoms with Crippen LogP contribution in [-0.2, 0) is 4.74 Å². The average Bonchev–Trinajstić information content (AvgIpc) is 2.96. The zero-order valence-electron chi connectivity index (χ0n) is 10.1. The Bertz CT molecular complexity index is 299. The van der Waals surface area contributed by atoms with E-state index in [0.29, 0.717) is 18.2 Å². The molecule has 0 aliphatic heterocycles. The summed E-state index contributed by atoms with van der Waals surface area (Å²) in [5, 5.41) is 5.91. The van der Waals surface area contributed by atoms with Gasteiger partial charge in [-0.2, -0.15) is 0 Å². The Balaban J connectivity index is 1.96. The Morgan fingerprint density at radius 3 is 3.06 bits per heavy atom. The number of rotatable bonds is 5. The smallest absolute Gasteiger partial charge is 0.0724 e. The molecule has 0 bridgehead atoms. The largest absolute Gasteiger partial charge is 0.380 e. The molecule has 2 nitrogen and oxygen atoms in total. The zero-order valence-corrected chi connectivity index (χ0v) is 10.9. The molecule has 0 saturated heterocycles. The van der Waals surface area contributed by atoms with Crippen molar-refractivity contribution < 1.29 is 4.74 Å². The molecule has 0 aromatic carbocycles. The van der Waals surface area contributed by atoms with Crippen LogP contribution in [0.2, 0.25) is 0 Å². The molecule has 0 radical (unpaired) electrons. The lowest BCUT2D eigenvalue weighted by Gasteiger charge is -2.25. The predicted molar refractivity (Wildman–Crippen MR) is 68.9 cm³/mol. The fraction of sp³-hybridized carbons (Fsp3) is 0.692. The highest BCUT2D eigenvalue weighted by Gasteiger charge is 2.28. The lowest BCUT2D eigenvalue weighted by atomic mass is 10.1. The van der Waals surface area contributed by atoms with E-state index < -0.39 is 0 Å². The van der Waals surface area contributed by atoms with Gasteiger partial charge < -0.3 is 10.1 Å². The number of thiophene rings is 1. The van der Waals surface area contributed by atoms with Crippen LogP contribution in [0.5, 0.6) is 0 Å². The van der Waals surface area contributed by atoms with E-state index in [1.54, 1.807) is 0 Å². The van der Waals surface area contributed by atoms with E-state index >= 15 is 0 Å². The Morgan fingerprint density at radius 2 is 2.44 bits per heavy atom. The van der Waals surface area contributed by atoms with Crippen LogP contribution in [0.25, 0.3) is 0 Å². The summed E-state index contributed by atoms with van der Waals surface area (Å²) >= 11 is 1.84. The number of hydrogen-bond acceptors (Lipinski definition) is 3. The number of methoxy groups -OCH3 is 1. The molecule has 0 amide bonds. The van der Waals surface area contributed by atoms with Crippen LogP contribution in [0.3, 0.4) is 0 Å². The summed E-state index contributed by atoms with van der Waals surface area (Å²) in [4.78, 5) is 1.45. The highest BCUT2D eigenvalue weighted by atomic mass is 32.1. The average molecular weight is 239 g/mol. The molecule has 1 fully saturated rings. The Hall–Kier alpha value is -0.380. The SMILES string of the molecule is CCC(NC1CCCC1OC)c1cccs1. The summed E-state index contributed by atoms with van der Waals surface area (Å²) in [5.74, 6) is 0. The molecule has 16 heavy (non-hydrogen) atoms. The van der Waals surface area contributed by atoms with Crippen molar-refractivity contribution in [3.05, 3.63) is 22.4 Å². The molecular formula is C13H21NOS. The molecule has 2 rings (SSSR count). The molecule has 0 spiro atoms. The van der Waals surface area contributed by atoms with Crippen LogP contribution in [0.4, 0.5) is 0 Å². The summed E-state index contributed by atoms with van der Waals surface area (Å²) in [7, 11) is 1.83. The molecule has 1 aliphatic carbocycles. The number of hydrogen-bond donors (Lipinski definition) is 1. The third-order valence-electron chi connectivity index (χ3n) is 3.47. The standard InChI is InChI=1S/C13H21NOS/c1-3-10(13-8-5-9-16-13)14-11-6-4-7-12(11)15-2/h5,8-12,14H,3-4,6-7H2,1-2H3. The van der Waals surface area contributed by atoms with Gasteiger partial charge in [-0.15, -0.1) is 11.3 Å². The van der Waals surface area contributed by atoms with Crippen molar-refractivity contribution >= 4 is 11.3 Å². The van der Waals surface area contributed by atoms with Gasteiger partial charge in [-0.25, -0.2) is 0 Å². The van der Waals surface area contributed by atoms with Crippen LogP contribution < -0.4 is 5.32 Å². The van der Waals surface area contributed by atoms with Crippen LogP contribution in [0.15, 0.2) is 17.5 Å². The van der Waals surface area contributed by atoms with Gasteiger partial charge in [0, 0.05) is 24.1 Å². The van der Waals surface area contributed by atoms with Gasteiger partial charge in [0.15, 0.2) is 0 Å². The van der Waals surface area contributed by atoms with Gasteiger partial charge in [0.25, 0.3) is 0 Å². The fourth-order valence-electron chi connectivity index (χ4n) is 2.55. The van der Waals surface area contributed by atoms with Crippen LogP contribution >= 0.6 is 11.3 Å². The molecule has 1 saturated carbocycles. The maximum atomic E-state index is 5.53. The van der Waals surface area contributed by atoms with E-state index in [1.165, 1.54) is 24.1 Å². The molecule has 3 heteroatoms. The summed E-state index contributed by atoms with van der Waals surface area (Å²) in [6, 6.07) is 5.40. The van der Waals surface area contributed by atoms with Gasteiger partial charge in [0.2, 0.25) is 0 Å². The minimum Gasteiger partial charge on any atom is -0.380 e. The molecule has 3 unspecified atom stereocenters. The van der Waals surface area contributed by atoms with E-state index in [2.05, 4.69) is 29.8 Å². The highest BCUT2D eigenvalue weighted by Crippen LogP contribution is 2.27. The topological polar surface area (TPSA) is 21.3 Å². The molecule has 1 aromatic rings. The quantitative estimate of drug-likeness (QED) is 0.850. The van der Waals surface area contributed by atoms with E-state index in [9.17, 15) is 0 Å². The summed E-state index contributed by atoms with van der Waals surface area (Å²) < 4.78 is 5.53. The van der Waals surface area contributed by atoms with Crippen molar-refractivity contribution in [1.29, 1.82) is 0 Å². The zero-order chi connectivity index (χ0) is 11.4. The molecule has 1 aromatic heterocycles. The Morgan fingerprint density at radius 1 is 1.56 bits per heavy atom. The second-order valence-electron chi connectivity index (χ2n) is 4.45. The Kier molecular flexibility index (Phi) is 4.38. The molecule has 1 aliphatic rings. The van der Waals surface area contributed by atoms with E-state index in [1.807, 2.05) is 18.4 Å². The second-order valence-corrected chi connectivity index (χ2v) is 5.43. The van der Waals surface area contributed by atoms with Crippen molar-refractivity contribution in [1.82, 2.24) is 5.32 Å². The van der Waals surface area contributed by atoms with E-state index in [0.717, 1.165) is 6.42 Å². The van der Waals surface area contributed by atoms with Gasteiger partial charge in [0.1, 0.15) is 0 Å². The van der Waals surface area contributed by atoms with Gasteiger partial charge in [-0.05, 0) is 37.1 Å². The molecule has 90 valence electrons. The molecular weight excluding hydrogens is 218 g/mol.